The van der Waals surface area contributed by atoms with Crippen LogP contribution in [0.5, 0.6) is 0 Å². The van der Waals surface area contributed by atoms with Gasteiger partial charge in [-0.3, -0.25) is 0 Å². The lowest BCUT2D eigenvalue weighted by Crippen LogP contribution is -2.11. The molecule has 1 atom stereocenters. The summed E-state index contributed by atoms with van der Waals surface area (Å²) < 4.78 is 2.94. The second-order valence-electron chi connectivity index (χ2n) is 4.26. The van der Waals surface area contributed by atoms with Gasteiger partial charge in [0.2, 0.25) is 5.95 Å². The van der Waals surface area contributed by atoms with E-state index in [1.54, 1.807) is 11.3 Å². The molecule has 0 radical (unpaired) electrons. The van der Waals surface area contributed by atoms with Gasteiger partial charge in [-0.1, -0.05) is 11.6 Å². The number of nitrogens with one attached hydrogen (secondary N) is 1. The molecule has 0 aromatic carbocycles. The molecule has 2 rings (SSSR count). The van der Waals surface area contributed by atoms with Crippen LogP contribution < -0.4 is 5.32 Å². The quantitative estimate of drug-likeness (QED) is 0.894. The SMILES string of the molecule is CC(Nc1nccn1C(C)C)c1ccc(Cl)s1. The first-order valence-corrected chi connectivity index (χ1v) is 6.82. The van der Waals surface area contributed by atoms with Gasteiger partial charge in [0.05, 0.1) is 10.4 Å². The summed E-state index contributed by atoms with van der Waals surface area (Å²) in [5, 5.41) is 3.41. The number of aromatic nitrogens is 2. The molecule has 0 fully saturated rings. The number of anilines is 1. The van der Waals surface area contributed by atoms with E-state index in [4.69, 9.17) is 11.6 Å². The summed E-state index contributed by atoms with van der Waals surface area (Å²) in [5.41, 5.74) is 0. The Balaban J connectivity index is 2.13. The first-order chi connectivity index (χ1) is 8.08. The Morgan fingerprint density at radius 2 is 2.12 bits per heavy atom. The topological polar surface area (TPSA) is 29.9 Å². The summed E-state index contributed by atoms with van der Waals surface area (Å²) >= 11 is 7.54. The molecule has 0 aliphatic carbocycles. The van der Waals surface area contributed by atoms with Gasteiger partial charge in [-0.15, -0.1) is 11.3 Å². The van der Waals surface area contributed by atoms with Crippen molar-refractivity contribution in [2.75, 3.05) is 5.32 Å². The van der Waals surface area contributed by atoms with Crippen molar-refractivity contribution in [1.29, 1.82) is 0 Å². The number of hydrogen-bond acceptors (Lipinski definition) is 3. The van der Waals surface area contributed by atoms with E-state index in [0.717, 1.165) is 10.3 Å². The van der Waals surface area contributed by atoms with Crippen molar-refractivity contribution in [3.8, 4) is 0 Å². The Kier molecular flexibility index (Phi) is 3.74. The predicted octanol–water partition coefficient (Wildman–Crippen LogP) is 4.35. The van der Waals surface area contributed by atoms with Crippen LogP contribution in [0.3, 0.4) is 0 Å². The Hall–Kier alpha value is -1.000. The Labute approximate surface area is 110 Å². The minimum atomic E-state index is 0.215. The maximum atomic E-state index is 5.94. The van der Waals surface area contributed by atoms with Gasteiger partial charge in [-0.05, 0) is 32.9 Å². The van der Waals surface area contributed by atoms with Gasteiger partial charge < -0.3 is 9.88 Å². The summed E-state index contributed by atoms with van der Waals surface area (Å²) in [4.78, 5) is 5.55. The molecule has 2 aromatic rings. The average molecular weight is 270 g/mol. The molecule has 2 aromatic heterocycles. The highest BCUT2D eigenvalue weighted by atomic mass is 35.5. The molecule has 2 heterocycles. The standard InChI is InChI=1S/C12H16ClN3S/c1-8(2)16-7-6-14-12(16)15-9(3)10-4-5-11(13)17-10/h4-9H,1-3H3,(H,14,15). The minimum absolute atomic E-state index is 0.215. The fourth-order valence-corrected chi connectivity index (χ4v) is 2.73. The van der Waals surface area contributed by atoms with Crippen molar-refractivity contribution in [2.24, 2.45) is 0 Å². The molecule has 1 N–H and O–H groups in total. The van der Waals surface area contributed by atoms with Crippen molar-refractivity contribution < 1.29 is 0 Å². The van der Waals surface area contributed by atoms with Crippen molar-refractivity contribution in [1.82, 2.24) is 9.55 Å². The first kappa shape index (κ1) is 12.5. The molecule has 0 aliphatic rings. The van der Waals surface area contributed by atoms with E-state index in [0.29, 0.717) is 6.04 Å². The highest BCUT2D eigenvalue weighted by molar-refractivity contribution is 7.16. The Morgan fingerprint density at radius 3 is 2.71 bits per heavy atom. The molecule has 0 bridgehead atoms. The molecule has 0 saturated heterocycles. The van der Waals surface area contributed by atoms with Gasteiger partial charge in [0.25, 0.3) is 0 Å². The summed E-state index contributed by atoms with van der Waals surface area (Å²) in [6.07, 6.45) is 3.80. The molecule has 1 unspecified atom stereocenters. The van der Waals surface area contributed by atoms with E-state index in [-0.39, 0.29) is 6.04 Å². The second kappa shape index (κ2) is 5.10. The molecule has 0 spiro atoms. The Morgan fingerprint density at radius 1 is 1.35 bits per heavy atom. The smallest absolute Gasteiger partial charge is 0.203 e. The van der Waals surface area contributed by atoms with Crippen LogP contribution in [0, 0.1) is 0 Å². The second-order valence-corrected chi connectivity index (χ2v) is 6.01. The van der Waals surface area contributed by atoms with Gasteiger partial charge in [0.1, 0.15) is 0 Å². The lowest BCUT2D eigenvalue weighted by molar-refractivity contribution is 0.601. The third kappa shape index (κ3) is 2.82. The highest BCUT2D eigenvalue weighted by Gasteiger charge is 2.12. The van der Waals surface area contributed by atoms with Crippen LogP contribution >= 0.6 is 22.9 Å². The lowest BCUT2D eigenvalue weighted by Gasteiger charge is -2.16. The van der Waals surface area contributed by atoms with Crippen molar-refractivity contribution in [3.63, 3.8) is 0 Å². The van der Waals surface area contributed by atoms with Crippen LogP contribution in [-0.4, -0.2) is 9.55 Å². The molecular weight excluding hydrogens is 254 g/mol. The summed E-state index contributed by atoms with van der Waals surface area (Å²) in [7, 11) is 0. The van der Waals surface area contributed by atoms with Gasteiger partial charge in [-0.2, -0.15) is 0 Å². The largest absolute Gasteiger partial charge is 0.348 e. The van der Waals surface area contributed by atoms with E-state index >= 15 is 0 Å². The van der Waals surface area contributed by atoms with E-state index in [2.05, 4.69) is 35.6 Å². The third-order valence-electron chi connectivity index (χ3n) is 2.59. The van der Waals surface area contributed by atoms with Crippen LogP contribution in [0.1, 0.15) is 37.7 Å². The van der Waals surface area contributed by atoms with Crippen LogP contribution in [0.4, 0.5) is 5.95 Å². The number of thiophene rings is 1. The molecular formula is C12H16ClN3S. The van der Waals surface area contributed by atoms with E-state index < -0.39 is 0 Å². The fraction of sp³-hybridized carbons (Fsp3) is 0.417. The fourth-order valence-electron chi connectivity index (χ4n) is 1.67. The van der Waals surface area contributed by atoms with Gasteiger partial charge in [0, 0.05) is 23.3 Å². The maximum Gasteiger partial charge on any atom is 0.203 e. The maximum absolute atomic E-state index is 5.94. The molecule has 0 amide bonds. The molecule has 5 heteroatoms. The third-order valence-corrected chi connectivity index (χ3v) is 4.01. The van der Waals surface area contributed by atoms with Crippen molar-refractivity contribution in [2.45, 2.75) is 32.9 Å². The minimum Gasteiger partial charge on any atom is -0.348 e. The molecule has 3 nitrogen and oxygen atoms in total. The van der Waals surface area contributed by atoms with Gasteiger partial charge in [0.15, 0.2) is 0 Å². The number of nitrogens with zero attached hydrogens (tertiary/aromatic N) is 2. The number of halogens is 1. The van der Waals surface area contributed by atoms with Gasteiger partial charge >= 0.3 is 0 Å². The first-order valence-electron chi connectivity index (χ1n) is 5.62. The zero-order valence-electron chi connectivity index (χ0n) is 10.1. The summed E-state index contributed by atoms with van der Waals surface area (Å²) in [5.74, 6) is 0.900. The summed E-state index contributed by atoms with van der Waals surface area (Å²) in [6, 6.07) is 4.59. The van der Waals surface area contributed by atoms with Gasteiger partial charge in [-0.25, -0.2) is 4.98 Å². The normalized spacial score (nSPS) is 13.0. The molecule has 92 valence electrons. The molecule has 0 saturated carbocycles. The zero-order chi connectivity index (χ0) is 12.4. The van der Waals surface area contributed by atoms with Crippen LogP contribution in [0.25, 0.3) is 0 Å². The van der Waals surface area contributed by atoms with Crippen molar-refractivity contribution >= 4 is 28.9 Å². The molecule has 0 aliphatic heterocycles. The molecule has 17 heavy (non-hydrogen) atoms. The van der Waals surface area contributed by atoms with Crippen LogP contribution in [-0.2, 0) is 0 Å². The summed E-state index contributed by atoms with van der Waals surface area (Å²) in [6.45, 7) is 6.39. The number of imidazole rings is 1. The van der Waals surface area contributed by atoms with E-state index in [9.17, 15) is 0 Å². The van der Waals surface area contributed by atoms with Crippen molar-refractivity contribution in [3.05, 3.63) is 33.7 Å². The lowest BCUT2D eigenvalue weighted by atomic mass is 10.3. The predicted molar refractivity (Wildman–Crippen MR) is 74.0 cm³/mol. The van der Waals surface area contributed by atoms with E-state index in [1.165, 1.54) is 4.88 Å². The van der Waals surface area contributed by atoms with E-state index in [1.807, 2.05) is 24.5 Å². The number of rotatable bonds is 4. The monoisotopic (exact) mass is 269 g/mol. The van der Waals surface area contributed by atoms with Crippen LogP contribution in [0.2, 0.25) is 4.34 Å². The zero-order valence-corrected chi connectivity index (χ0v) is 11.7. The Bertz CT molecular complexity index is 489. The average Bonchev–Trinajstić information content (AvgIpc) is 2.86. The number of hydrogen-bond donors (Lipinski definition) is 1. The van der Waals surface area contributed by atoms with Crippen LogP contribution in [0.15, 0.2) is 24.5 Å². The highest BCUT2D eigenvalue weighted by Crippen LogP contribution is 2.29.